The molecule has 0 radical (unpaired) electrons. The van der Waals surface area contributed by atoms with E-state index in [4.69, 9.17) is 0 Å². The average molecular weight is 242 g/mol. The molecule has 1 rings (SSSR count). The molecule has 0 aliphatic carbocycles. The fraction of sp³-hybridized carbons (Fsp3) is 0.833. The van der Waals surface area contributed by atoms with Gasteiger partial charge in [0, 0.05) is 19.5 Å². The Kier molecular flexibility index (Phi) is 5.97. The van der Waals surface area contributed by atoms with Crippen molar-refractivity contribution in [3.8, 4) is 0 Å². The number of likely N-dealkylation sites (N-methyl/N-ethyl adjacent to an activating group) is 1. The number of rotatable bonds is 6. The van der Waals surface area contributed by atoms with Gasteiger partial charge in [0.15, 0.2) is 0 Å². The van der Waals surface area contributed by atoms with Gasteiger partial charge in [-0.25, -0.2) is 0 Å². The van der Waals surface area contributed by atoms with Crippen molar-refractivity contribution in [1.29, 1.82) is 0 Å². The van der Waals surface area contributed by atoms with Crippen molar-refractivity contribution in [2.45, 2.75) is 25.7 Å². The van der Waals surface area contributed by atoms with Crippen molar-refractivity contribution in [3.63, 3.8) is 0 Å². The number of hydrogen-bond donors (Lipinski definition) is 0. The van der Waals surface area contributed by atoms with E-state index in [-0.39, 0.29) is 11.9 Å². The van der Waals surface area contributed by atoms with E-state index in [0.717, 1.165) is 38.9 Å². The molecular weight excluding hydrogens is 220 g/mol. The van der Waals surface area contributed by atoms with Crippen LogP contribution in [-0.2, 0) is 14.3 Å². The molecule has 17 heavy (non-hydrogen) atoms. The fourth-order valence-electron chi connectivity index (χ4n) is 1.97. The maximum atomic E-state index is 11.8. The maximum Gasteiger partial charge on any atom is 0.305 e. The lowest BCUT2D eigenvalue weighted by atomic mass is 10.3. The Hall–Kier alpha value is -1.10. The summed E-state index contributed by atoms with van der Waals surface area (Å²) in [6.45, 7) is 2.99. The summed E-state index contributed by atoms with van der Waals surface area (Å²) in [5.41, 5.74) is 0. The monoisotopic (exact) mass is 242 g/mol. The third-order valence-electron chi connectivity index (χ3n) is 3.01. The van der Waals surface area contributed by atoms with E-state index in [0.29, 0.717) is 13.0 Å². The van der Waals surface area contributed by atoms with E-state index in [1.165, 1.54) is 7.11 Å². The zero-order valence-corrected chi connectivity index (χ0v) is 10.8. The molecule has 1 amide bonds. The number of ether oxygens (including phenoxy) is 1. The summed E-state index contributed by atoms with van der Waals surface area (Å²) in [6.07, 6.45) is 3.39. The fourth-order valence-corrected chi connectivity index (χ4v) is 1.97. The molecule has 5 heteroatoms. The number of methoxy groups -OCH3 is 1. The predicted octanol–water partition coefficient (Wildman–Crippen LogP) is 0.494. The van der Waals surface area contributed by atoms with Crippen molar-refractivity contribution in [1.82, 2.24) is 9.80 Å². The Labute approximate surface area is 103 Å². The Morgan fingerprint density at radius 1 is 1.29 bits per heavy atom. The van der Waals surface area contributed by atoms with Crippen molar-refractivity contribution in [3.05, 3.63) is 0 Å². The first-order valence-electron chi connectivity index (χ1n) is 6.16. The van der Waals surface area contributed by atoms with E-state index in [1.54, 1.807) is 0 Å². The molecule has 1 aliphatic heterocycles. The zero-order chi connectivity index (χ0) is 12.7. The van der Waals surface area contributed by atoms with Gasteiger partial charge in [-0.3, -0.25) is 14.5 Å². The summed E-state index contributed by atoms with van der Waals surface area (Å²) in [6, 6.07) is 0. The molecular formula is C12H22N2O3. The normalized spacial score (nSPS) is 15.4. The number of hydrogen-bond acceptors (Lipinski definition) is 4. The molecule has 5 nitrogen and oxygen atoms in total. The minimum atomic E-state index is -0.190. The third-order valence-corrected chi connectivity index (χ3v) is 3.01. The van der Waals surface area contributed by atoms with Gasteiger partial charge in [0.25, 0.3) is 0 Å². The maximum absolute atomic E-state index is 11.8. The van der Waals surface area contributed by atoms with Crippen LogP contribution in [0.25, 0.3) is 0 Å². The molecule has 0 bridgehead atoms. The molecule has 0 atom stereocenters. The lowest BCUT2D eigenvalue weighted by molar-refractivity contribution is -0.140. The second-order valence-electron chi connectivity index (χ2n) is 4.51. The first-order valence-corrected chi connectivity index (χ1v) is 6.16. The van der Waals surface area contributed by atoms with E-state index in [2.05, 4.69) is 4.74 Å². The van der Waals surface area contributed by atoms with E-state index < -0.39 is 0 Å². The molecule has 98 valence electrons. The quantitative estimate of drug-likeness (QED) is 0.636. The summed E-state index contributed by atoms with van der Waals surface area (Å²) in [4.78, 5) is 26.6. The number of nitrogens with zero attached hydrogens (tertiary/aromatic N) is 2. The summed E-state index contributed by atoms with van der Waals surface area (Å²) in [5, 5.41) is 0. The van der Waals surface area contributed by atoms with Crippen molar-refractivity contribution in [2.24, 2.45) is 0 Å². The van der Waals surface area contributed by atoms with Crippen LogP contribution in [0.1, 0.15) is 25.7 Å². The van der Waals surface area contributed by atoms with Gasteiger partial charge in [-0.05, 0) is 32.9 Å². The van der Waals surface area contributed by atoms with Gasteiger partial charge in [0.05, 0.1) is 13.7 Å². The van der Waals surface area contributed by atoms with Gasteiger partial charge in [0.1, 0.15) is 0 Å². The second-order valence-corrected chi connectivity index (χ2v) is 4.51. The Balaban J connectivity index is 2.13. The Morgan fingerprint density at radius 3 is 2.53 bits per heavy atom. The zero-order valence-electron chi connectivity index (χ0n) is 10.8. The molecule has 0 saturated carbocycles. The van der Waals surface area contributed by atoms with Crippen LogP contribution in [0.2, 0.25) is 0 Å². The number of carbonyl (C=O) groups is 2. The molecule has 0 N–H and O–H groups in total. The lowest BCUT2D eigenvalue weighted by Gasteiger charge is -2.20. The highest BCUT2D eigenvalue weighted by Gasteiger charge is 2.18. The van der Waals surface area contributed by atoms with Gasteiger partial charge in [-0.1, -0.05) is 0 Å². The third kappa shape index (κ3) is 5.17. The molecule has 1 heterocycles. The van der Waals surface area contributed by atoms with Gasteiger partial charge >= 0.3 is 5.97 Å². The molecule has 0 aromatic rings. The van der Waals surface area contributed by atoms with E-state index in [9.17, 15) is 9.59 Å². The highest BCUT2D eigenvalue weighted by Crippen LogP contribution is 2.07. The predicted molar refractivity (Wildman–Crippen MR) is 64.6 cm³/mol. The summed E-state index contributed by atoms with van der Waals surface area (Å²) >= 11 is 0. The first kappa shape index (κ1) is 14.0. The lowest BCUT2D eigenvalue weighted by Crippen LogP contribution is -2.37. The van der Waals surface area contributed by atoms with Crippen LogP contribution in [0.5, 0.6) is 0 Å². The van der Waals surface area contributed by atoms with Gasteiger partial charge < -0.3 is 9.64 Å². The average Bonchev–Trinajstić information content (AvgIpc) is 2.82. The second kappa shape index (κ2) is 7.27. The SMILES string of the molecule is COC(=O)CCCN(C)CC(=O)N1CCCC1. The van der Waals surface area contributed by atoms with Crippen LogP contribution in [0.3, 0.4) is 0 Å². The largest absolute Gasteiger partial charge is 0.469 e. The number of likely N-dealkylation sites (tertiary alicyclic amines) is 1. The smallest absolute Gasteiger partial charge is 0.305 e. The number of esters is 1. The van der Waals surface area contributed by atoms with Crippen molar-refractivity contribution < 1.29 is 14.3 Å². The first-order chi connectivity index (χ1) is 8.13. The van der Waals surface area contributed by atoms with Crippen molar-refractivity contribution in [2.75, 3.05) is 40.3 Å². The Bertz CT molecular complexity index is 262. The molecule has 1 aliphatic rings. The molecule has 0 spiro atoms. The molecule has 1 fully saturated rings. The highest BCUT2D eigenvalue weighted by atomic mass is 16.5. The topological polar surface area (TPSA) is 49.9 Å². The van der Waals surface area contributed by atoms with Crippen LogP contribution < -0.4 is 0 Å². The molecule has 0 aromatic heterocycles. The molecule has 0 aromatic carbocycles. The van der Waals surface area contributed by atoms with Gasteiger partial charge in [0.2, 0.25) is 5.91 Å². The minimum Gasteiger partial charge on any atom is -0.469 e. The van der Waals surface area contributed by atoms with Crippen LogP contribution in [0, 0.1) is 0 Å². The Morgan fingerprint density at radius 2 is 1.94 bits per heavy atom. The van der Waals surface area contributed by atoms with Gasteiger partial charge in [-0.2, -0.15) is 0 Å². The van der Waals surface area contributed by atoms with Crippen LogP contribution in [0.4, 0.5) is 0 Å². The van der Waals surface area contributed by atoms with Crippen LogP contribution in [-0.4, -0.2) is 62.0 Å². The molecule has 1 saturated heterocycles. The molecule has 0 unspecified atom stereocenters. The number of carbonyl (C=O) groups excluding carboxylic acids is 2. The summed E-state index contributed by atoms with van der Waals surface area (Å²) in [5.74, 6) is 0.00679. The van der Waals surface area contributed by atoms with Crippen LogP contribution in [0.15, 0.2) is 0 Å². The number of amides is 1. The van der Waals surface area contributed by atoms with Gasteiger partial charge in [-0.15, -0.1) is 0 Å². The minimum absolute atomic E-state index is 0.190. The van der Waals surface area contributed by atoms with Crippen LogP contribution >= 0.6 is 0 Å². The highest BCUT2D eigenvalue weighted by molar-refractivity contribution is 5.78. The van der Waals surface area contributed by atoms with Crippen molar-refractivity contribution >= 4 is 11.9 Å². The summed E-state index contributed by atoms with van der Waals surface area (Å²) in [7, 11) is 3.30. The standard InChI is InChI=1S/C12H22N2O3/c1-13(7-5-6-12(16)17-2)10-11(15)14-8-3-4-9-14/h3-10H2,1-2H3. The van der Waals surface area contributed by atoms with E-state index in [1.807, 2.05) is 16.8 Å². The summed E-state index contributed by atoms with van der Waals surface area (Å²) < 4.78 is 4.56. The van der Waals surface area contributed by atoms with E-state index >= 15 is 0 Å².